The minimum absolute atomic E-state index is 0.0880. The van der Waals surface area contributed by atoms with E-state index in [-0.39, 0.29) is 11.8 Å². The molecule has 1 unspecified atom stereocenters. The predicted molar refractivity (Wildman–Crippen MR) is 110 cm³/mol. The number of nitrogens with one attached hydrogen (secondary N) is 1. The first kappa shape index (κ1) is 18.6. The number of hydrogen-bond donors (Lipinski definition) is 1. The number of aromatic nitrogens is 1. The Morgan fingerprint density at radius 3 is 2.70 bits per heavy atom. The Morgan fingerprint density at radius 2 is 1.96 bits per heavy atom. The number of thiazole rings is 1. The highest BCUT2D eigenvalue weighted by atomic mass is 32.1. The van der Waals surface area contributed by atoms with Crippen LogP contribution in [0.3, 0.4) is 0 Å². The third kappa shape index (κ3) is 4.94. The van der Waals surface area contributed by atoms with Crippen LogP contribution >= 0.6 is 11.3 Å². The Bertz CT molecular complexity index is 713. The highest BCUT2D eigenvalue weighted by Gasteiger charge is 2.31. The quantitative estimate of drug-likeness (QED) is 0.858. The fraction of sp³-hybridized carbons (Fsp3) is 0.524. The number of amides is 1. The van der Waals surface area contributed by atoms with E-state index in [4.69, 9.17) is 0 Å². The fourth-order valence-electron chi connectivity index (χ4n) is 4.33. The average Bonchev–Trinajstić information content (AvgIpc) is 3.22. The summed E-state index contributed by atoms with van der Waals surface area (Å²) in [5.74, 6) is 0.223. The van der Waals surface area contributed by atoms with Gasteiger partial charge in [-0.25, -0.2) is 4.98 Å². The average molecular weight is 385 g/mol. The Balaban J connectivity index is 1.26. The molecule has 1 aromatic carbocycles. The first-order chi connectivity index (χ1) is 13.3. The van der Waals surface area contributed by atoms with Crippen LogP contribution in [0.5, 0.6) is 0 Å². The molecule has 5 nitrogen and oxygen atoms in total. The van der Waals surface area contributed by atoms with Crippen molar-refractivity contribution in [3.05, 3.63) is 47.5 Å². The lowest BCUT2D eigenvalue weighted by molar-refractivity contribution is -0.122. The van der Waals surface area contributed by atoms with Crippen molar-refractivity contribution in [3.8, 4) is 0 Å². The third-order valence-corrected chi connectivity index (χ3v) is 6.50. The highest BCUT2D eigenvalue weighted by Crippen LogP contribution is 2.25. The summed E-state index contributed by atoms with van der Waals surface area (Å²) in [6.07, 6.45) is 6.23. The van der Waals surface area contributed by atoms with Crippen LogP contribution in [0.25, 0.3) is 0 Å². The number of piperidine rings is 2. The lowest BCUT2D eigenvalue weighted by Crippen LogP contribution is -2.50. The van der Waals surface area contributed by atoms with Gasteiger partial charge in [0.25, 0.3) is 0 Å². The van der Waals surface area contributed by atoms with Crippen molar-refractivity contribution in [2.45, 2.75) is 38.3 Å². The minimum Gasteiger partial charge on any atom is -0.302 e. The summed E-state index contributed by atoms with van der Waals surface area (Å²) >= 11 is 1.48. The zero-order valence-corrected chi connectivity index (χ0v) is 16.5. The van der Waals surface area contributed by atoms with Gasteiger partial charge >= 0.3 is 0 Å². The van der Waals surface area contributed by atoms with E-state index >= 15 is 0 Å². The molecule has 2 aliphatic heterocycles. The van der Waals surface area contributed by atoms with Gasteiger partial charge in [-0.3, -0.25) is 14.6 Å². The van der Waals surface area contributed by atoms with Crippen molar-refractivity contribution < 1.29 is 4.79 Å². The second kappa shape index (κ2) is 8.95. The first-order valence-electron chi connectivity index (χ1n) is 9.98. The Morgan fingerprint density at radius 1 is 1.15 bits per heavy atom. The van der Waals surface area contributed by atoms with E-state index in [1.165, 1.54) is 29.7 Å². The lowest BCUT2D eigenvalue weighted by Gasteiger charge is -2.42. The minimum atomic E-state index is 0.0880. The van der Waals surface area contributed by atoms with Crippen LogP contribution in [0.1, 0.15) is 31.2 Å². The maximum Gasteiger partial charge on any atom is 0.230 e. The number of likely N-dealkylation sites (tertiary alicyclic amines) is 2. The summed E-state index contributed by atoms with van der Waals surface area (Å²) in [4.78, 5) is 21.9. The normalized spacial score (nSPS) is 22.6. The van der Waals surface area contributed by atoms with Gasteiger partial charge in [-0.15, -0.1) is 11.3 Å². The SMILES string of the molecule is O=C(Nc1nccs1)C1CCCN(C2CCN(Cc3ccccc3)CC2)C1. The van der Waals surface area contributed by atoms with Crippen molar-refractivity contribution in [2.24, 2.45) is 5.92 Å². The lowest BCUT2D eigenvalue weighted by atomic mass is 9.93. The molecule has 1 atom stereocenters. The van der Waals surface area contributed by atoms with Crippen molar-refractivity contribution in [1.29, 1.82) is 0 Å². The molecule has 2 aromatic rings. The molecule has 4 rings (SSSR count). The number of carbonyl (C=O) groups is 1. The number of benzene rings is 1. The molecule has 1 N–H and O–H groups in total. The molecule has 144 valence electrons. The summed E-state index contributed by atoms with van der Waals surface area (Å²) in [7, 11) is 0. The number of nitrogens with zero attached hydrogens (tertiary/aromatic N) is 3. The Kier molecular flexibility index (Phi) is 6.17. The molecule has 6 heteroatoms. The van der Waals surface area contributed by atoms with Gasteiger partial charge in [0.05, 0.1) is 5.92 Å². The van der Waals surface area contributed by atoms with Crippen molar-refractivity contribution in [3.63, 3.8) is 0 Å². The van der Waals surface area contributed by atoms with E-state index in [1.807, 2.05) is 5.38 Å². The smallest absolute Gasteiger partial charge is 0.230 e. The molecule has 3 heterocycles. The maximum absolute atomic E-state index is 12.6. The molecule has 2 saturated heterocycles. The molecule has 27 heavy (non-hydrogen) atoms. The molecular formula is C21H28N4OS. The molecule has 0 spiro atoms. The van der Waals surface area contributed by atoms with Gasteiger partial charge in [-0.2, -0.15) is 0 Å². The number of hydrogen-bond acceptors (Lipinski definition) is 5. The molecule has 0 aliphatic carbocycles. The summed E-state index contributed by atoms with van der Waals surface area (Å²) in [5, 5.41) is 5.59. The van der Waals surface area contributed by atoms with E-state index in [9.17, 15) is 4.79 Å². The Labute approximate surface area is 165 Å². The van der Waals surface area contributed by atoms with E-state index in [0.29, 0.717) is 11.2 Å². The van der Waals surface area contributed by atoms with Crippen LogP contribution in [-0.4, -0.2) is 52.9 Å². The van der Waals surface area contributed by atoms with Gasteiger partial charge in [0, 0.05) is 30.7 Å². The van der Waals surface area contributed by atoms with Gasteiger partial charge in [-0.1, -0.05) is 30.3 Å². The van der Waals surface area contributed by atoms with Crippen LogP contribution < -0.4 is 5.32 Å². The standard InChI is InChI=1S/C21H28N4OS/c26-20(23-21-22-10-14-27-21)18-7-4-11-25(16-18)19-8-12-24(13-9-19)15-17-5-2-1-3-6-17/h1-3,5-6,10,14,18-19H,4,7-9,11-13,15-16H2,(H,22,23,26). The van der Waals surface area contributed by atoms with Crippen molar-refractivity contribution in [1.82, 2.24) is 14.8 Å². The zero-order chi connectivity index (χ0) is 18.5. The summed E-state index contributed by atoms with van der Waals surface area (Å²) in [6.45, 7) is 5.36. The molecule has 1 amide bonds. The Hall–Kier alpha value is -1.76. The first-order valence-corrected chi connectivity index (χ1v) is 10.9. The number of rotatable bonds is 5. The van der Waals surface area contributed by atoms with Crippen molar-refractivity contribution in [2.75, 3.05) is 31.5 Å². The number of carbonyl (C=O) groups excluding carboxylic acids is 1. The van der Waals surface area contributed by atoms with E-state index in [1.54, 1.807) is 6.20 Å². The van der Waals surface area contributed by atoms with Crippen LogP contribution in [0.15, 0.2) is 41.9 Å². The molecule has 2 fully saturated rings. The van der Waals surface area contributed by atoms with Gasteiger partial charge in [0.2, 0.25) is 5.91 Å². The predicted octanol–water partition coefficient (Wildman–Crippen LogP) is 3.46. The molecule has 0 radical (unpaired) electrons. The number of anilines is 1. The molecule has 0 saturated carbocycles. The second-order valence-electron chi connectivity index (χ2n) is 7.65. The van der Waals surface area contributed by atoms with E-state index in [0.717, 1.165) is 45.6 Å². The maximum atomic E-state index is 12.6. The third-order valence-electron chi connectivity index (χ3n) is 5.81. The second-order valence-corrected chi connectivity index (χ2v) is 8.55. The molecule has 0 bridgehead atoms. The summed E-state index contributed by atoms with van der Waals surface area (Å²) in [6, 6.07) is 11.4. The summed E-state index contributed by atoms with van der Waals surface area (Å²) in [5.41, 5.74) is 1.40. The summed E-state index contributed by atoms with van der Waals surface area (Å²) < 4.78 is 0. The van der Waals surface area contributed by atoms with E-state index < -0.39 is 0 Å². The van der Waals surface area contributed by atoms with E-state index in [2.05, 4.69) is 50.4 Å². The van der Waals surface area contributed by atoms with Crippen LogP contribution in [0, 0.1) is 5.92 Å². The van der Waals surface area contributed by atoms with Gasteiger partial charge in [-0.05, 0) is 50.9 Å². The van der Waals surface area contributed by atoms with Gasteiger partial charge < -0.3 is 5.32 Å². The molecule has 2 aliphatic rings. The van der Waals surface area contributed by atoms with Crippen molar-refractivity contribution >= 4 is 22.4 Å². The van der Waals surface area contributed by atoms with Gasteiger partial charge in [0.15, 0.2) is 5.13 Å². The van der Waals surface area contributed by atoms with Crippen LogP contribution in [0.4, 0.5) is 5.13 Å². The fourth-order valence-corrected chi connectivity index (χ4v) is 4.86. The highest BCUT2D eigenvalue weighted by molar-refractivity contribution is 7.13. The van der Waals surface area contributed by atoms with Crippen LogP contribution in [0.2, 0.25) is 0 Å². The van der Waals surface area contributed by atoms with Gasteiger partial charge in [0.1, 0.15) is 0 Å². The largest absolute Gasteiger partial charge is 0.302 e. The molecular weight excluding hydrogens is 356 g/mol. The molecule has 1 aromatic heterocycles. The topological polar surface area (TPSA) is 48.5 Å². The zero-order valence-electron chi connectivity index (χ0n) is 15.7. The monoisotopic (exact) mass is 384 g/mol. The van der Waals surface area contributed by atoms with Crippen LogP contribution in [-0.2, 0) is 11.3 Å².